The number of anilines is 1. The van der Waals surface area contributed by atoms with Gasteiger partial charge in [-0.05, 0) is 31.2 Å². The highest BCUT2D eigenvalue weighted by Gasteiger charge is 2.28. The molecule has 0 unspecified atom stereocenters. The van der Waals surface area contributed by atoms with Crippen LogP contribution in [0.4, 0.5) is 5.69 Å². The molecule has 1 amide bonds. The van der Waals surface area contributed by atoms with E-state index in [0.717, 1.165) is 16.6 Å². The lowest BCUT2D eigenvalue weighted by Crippen LogP contribution is -2.33. The number of hydrogen-bond donors (Lipinski definition) is 1. The molecule has 0 saturated carbocycles. The Morgan fingerprint density at radius 2 is 1.80 bits per heavy atom. The summed E-state index contributed by atoms with van der Waals surface area (Å²) in [7, 11) is 0. The number of fused-ring (bicyclic) bond motifs is 1. The van der Waals surface area contributed by atoms with Crippen LogP contribution in [0.25, 0.3) is 10.9 Å². The zero-order valence-corrected chi connectivity index (χ0v) is 15.6. The van der Waals surface area contributed by atoms with Crippen LogP contribution in [0.2, 0.25) is 0 Å². The molecule has 1 N–H and O–H groups in total. The fraction of sp³-hybridized carbons (Fsp3) is 0.238. The molecule has 1 aromatic heterocycles. The molecule has 3 nitrogen and oxygen atoms in total. The quantitative estimate of drug-likeness (QED) is 0.635. The average molecular weight is 350 g/mol. The number of benzene rings is 2. The SMILES string of the molecule is Cc1ccc(SCC(C)(C)C(=O)Nc2cccc3cccnc23)cc1. The first-order valence-electron chi connectivity index (χ1n) is 8.30. The minimum atomic E-state index is -0.494. The number of rotatable bonds is 5. The zero-order chi connectivity index (χ0) is 17.9. The van der Waals surface area contributed by atoms with Crippen molar-refractivity contribution in [1.82, 2.24) is 4.98 Å². The molecule has 2 aromatic carbocycles. The molecule has 0 radical (unpaired) electrons. The van der Waals surface area contributed by atoms with Crippen LogP contribution in [0.5, 0.6) is 0 Å². The van der Waals surface area contributed by atoms with Crippen molar-refractivity contribution in [2.45, 2.75) is 25.7 Å². The molecular formula is C21H22N2OS. The number of carbonyl (C=O) groups excluding carboxylic acids is 1. The monoisotopic (exact) mass is 350 g/mol. The van der Waals surface area contributed by atoms with Crippen molar-refractivity contribution in [3.8, 4) is 0 Å². The van der Waals surface area contributed by atoms with E-state index >= 15 is 0 Å². The van der Waals surface area contributed by atoms with Gasteiger partial charge < -0.3 is 5.32 Å². The third-order valence-electron chi connectivity index (χ3n) is 4.12. The molecule has 0 saturated heterocycles. The van der Waals surface area contributed by atoms with Crippen LogP contribution < -0.4 is 5.32 Å². The third-order valence-corrected chi connectivity index (χ3v) is 5.59. The topological polar surface area (TPSA) is 42.0 Å². The van der Waals surface area contributed by atoms with Gasteiger partial charge >= 0.3 is 0 Å². The van der Waals surface area contributed by atoms with E-state index in [9.17, 15) is 4.79 Å². The summed E-state index contributed by atoms with van der Waals surface area (Å²) in [6.45, 7) is 6.02. The molecule has 25 heavy (non-hydrogen) atoms. The molecule has 4 heteroatoms. The van der Waals surface area contributed by atoms with Gasteiger partial charge in [-0.2, -0.15) is 0 Å². The van der Waals surface area contributed by atoms with E-state index in [2.05, 4.69) is 41.5 Å². The van der Waals surface area contributed by atoms with Crippen LogP contribution in [0.1, 0.15) is 19.4 Å². The van der Waals surface area contributed by atoms with Crippen molar-refractivity contribution < 1.29 is 4.79 Å². The lowest BCUT2D eigenvalue weighted by Gasteiger charge is -2.23. The Morgan fingerprint density at radius 3 is 2.56 bits per heavy atom. The normalized spacial score (nSPS) is 11.5. The molecule has 0 spiro atoms. The van der Waals surface area contributed by atoms with E-state index in [1.54, 1.807) is 18.0 Å². The summed E-state index contributed by atoms with van der Waals surface area (Å²) in [6, 6.07) is 18.1. The molecule has 0 aliphatic heterocycles. The molecule has 3 rings (SSSR count). The van der Waals surface area contributed by atoms with E-state index in [0.29, 0.717) is 5.75 Å². The van der Waals surface area contributed by atoms with E-state index in [-0.39, 0.29) is 5.91 Å². The van der Waals surface area contributed by atoms with E-state index in [1.165, 1.54) is 10.5 Å². The van der Waals surface area contributed by atoms with Crippen molar-refractivity contribution in [2.75, 3.05) is 11.1 Å². The van der Waals surface area contributed by atoms with Crippen molar-refractivity contribution >= 4 is 34.3 Å². The summed E-state index contributed by atoms with van der Waals surface area (Å²) in [4.78, 5) is 18.4. The number of hydrogen-bond acceptors (Lipinski definition) is 3. The Kier molecular flexibility index (Phi) is 5.09. The highest BCUT2D eigenvalue weighted by atomic mass is 32.2. The van der Waals surface area contributed by atoms with Gasteiger partial charge in [0.05, 0.1) is 16.6 Å². The Morgan fingerprint density at radius 1 is 1.08 bits per heavy atom. The van der Waals surface area contributed by atoms with Gasteiger partial charge in [0.2, 0.25) is 5.91 Å². The highest BCUT2D eigenvalue weighted by molar-refractivity contribution is 7.99. The van der Waals surface area contributed by atoms with Crippen LogP contribution >= 0.6 is 11.8 Å². The maximum atomic E-state index is 12.8. The second-order valence-corrected chi connectivity index (χ2v) is 7.87. The van der Waals surface area contributed by atoms with Gasteiger partial charge in [-0.3, -0.25) is 9.78 Å². The van der Waals surface area contributed by atoms with Crippen molar-refractivity contribution in [3.63, 3.8) is 0 Å². The van der Waals surface area contributed by atoms with Crippen molar-refractivity contribution in [1.29, 1.82) is 0 Å². The summed E-state index contributed by atoms with van der Waals surface area (Å²) < 4.78 is 0. The Bertz CT molecular complexity index is 883. The Balaban J connectivity index is 1.71. The maximum absolute atomic E-state index is 12.8. The molecule has 3 aromatic rings. The third kappa shape index (κ3) is 4.20. The van der Waals surface area contributed by atoms with Gasteiger partial charge in [0, 0.05) is 22.2 Å². The van der Waals surface area contributed by atoms with Gasteiger partial charge in [-0.15, -0.1) is 11.8 Å². The first kappa shape index (κ1) is 17.5. The summed E-state index contributed by atoms with van der Waals surface area (Å²) in [5, 5.41) is 4.08. The standard InChI is InChI=1S/C21H22N2OS/c1-15-9-11-17(12-10-15)25-14-21(2,3)20(24)23-18-8-4-6-16-7-5-13-22-19(16)18/h4-13H,14H2,1-3H3,(H,23,24). The van der Waals surface area contributed by atoms with Crippen LogP contribution in [0.3, 0.4) is 0 Å². The van der Waals surface area contributed by atoms with E-state index in [4.69, 9.17) is 0 Å². The molecule has 0 aliphatic carbocycles. The highest BCUT2D eigenvalue weighted by Crippen LogP contribution is 2.30. The second-order valence-electron chi connectivity index (χ2n) is 6.82. The number of aryl methyl sites for hydroxylation is 1. The van der Waals surface area contributed by atoms with Crippen LogP contribution in [-0.2, 0) is 4.79 Å². The number of nitrogens with zero attached hydrogens (tertiary/aromatic N) is 1. The fourth-order valence-electron chi connectivity index (χ4n) is 2.46. The van der Waals surface area contributed by atoms with Gasteiger partial charge in [-0.1, -0.05) is 49.7 Å². The predicted molar refractivity (Wildman–Crippen MR) is 106 cm³/mol. The van der Waals surface area contributed by atoms with E-state index < -0.39 is 5.41 Å². The number of pyridine rings is 1. The summed E-state index contributed by atoms with van der Waals surface area (Å²) in [5.41, 5.74) is 2.33. The van der Waals surface area contributed by atoms with E-state index in [1.807, 2.05) is 44.2 Å². The summed E-state index contributed by atoms with van der Waals surface area (Å²) in [5.74, 6) is 0.713. The lowest BCUT2D eigenvalue weighted by atomic mass is 9.95. The molecule has 1 heterocycles. The first-order chi connectivity index (χ1) is 12.0. The number of aromatic nitrogens is 1. The molecule has 0 atom stereocenters. The maximum Gasteiger partial charge on any atom is 0.230 e. The zero-order valence-electron chi connectivity index (χ0n) is 14.7. The summed E-state index contributed by atoms with van der Waals surface area (Å²) >= 11 is 1.70. The number of thioether (sulfide) groups is 1. The smallest absolute Gasteiger partial charge is 0.230 e. The Hall–Kier alpha value is -2.33. The number of amides is 1. The van der Waals surface area contributed by atoms with Crippen LogP contribution in [0.15, 0.2) is 65.7 Å². The summed E-state index contributed by atoms with van der Waals surface area (Å²) in [6.07, 6.45) is 1.75. The molecule has 0 fully saturated rings. The minimum Gasteiger partial charge on any atom is -0.324 e. The van der Waals surface area contributed by atoms with Crippen LogP contribution in [0, 0.1) is 12.3 Å². The Labute approximate surface area is 152 Å². The van der Waals surface area contributed by atoms with Crippen molar-refractivity contribution in [3.05, 3.63) is 66.4 Å². The first-order valence-corrected chi connectivity index (χ1v) is 9.29. The molecule has 0 aliphatic rings. The average Bonchev–Trinajstić information content (AvgIpc) is 2.61. The molecule has 128 valence electrons. The molecule has 0 bridgehead atoms. The second kappa shape index (κ2) is 7.28. The number of para-hydroxylation sites is 1. The van der Waals surface area contributed by atoms with Crippen LogP contribution in [-0.4, -0.2) is 16.6 Å². The predicted octanol–water partition coefficient (Wildman–Crippen LogP) is 5.30. The van der Waals surface area contributed by atoms with Gasteiger partial charge in [0.1, 0.15) is 0 Å². The minimum absolute atomic E-state index is 0.00487. The number of carbonyl (C=O) groups is 1. The van der Waals surface area contributed by atoms with Gasteiger partial charge in [-0.25, -0.2) is 0 Å². The largest absolute Gasteiger partial charge is 0.324 e. The molecular weight excluding hydrogens is 328 g/mol. The van der Waals surface area contributed by atoms with Crippen molar-refractivity contribution in [2.24, 2.45) is 5.41 Å². The number of nitrogens with one attached hydrogen (secondary N) is 1. The fourth-order valence-corrected chi connectivity index (χ4v) is 3.45. The van der Waals surface area contributed by atoms with Gasteiger partial charge in [0.25, 0.3) is 0 Å². The lowest BCUT2D eigenvalue weighted by molar-refractivity contribution is -0.122. The van der Waals surface area contributed by atoms with Gasteiger partial charge in [0.15, 0.2) is 0 Å².